The number of nitrogens with zero attached hydrogens (tertiary/aromatic N) is 1. The predicted molar refractivity (Wildman–Crippen MR) is 73.9 cm³/mol. The fourth-order valence-electron chi connectivity index (χ4n) is 2.23. The molecule has 0 spiro atoms. The van der Waals surface area contributed by atoms with E-state index in [4.69, 9.17) is 0 Å². The fraction of sp³-hybridized carbons (Fsp3) is 1.00. The first kappa shape index (κ1) is 15.9. The zero-order valence-electron chi connectivity index (χ0n) is 12.3. The van der Waals surface area contributed by atoms with Crippen LogP contribution in [0.3, 0.4) is 0 Å². The lowest BCUT2D eigenvalue weighted by Crippen LogP contribution is -2.44. The molecule has 0 aromatic heterocycles. The minimum Gasteiger partial charge on any atom is -0.314 e. The third-order valence-electron chi connectivity index (χ3n) is 3.60. The third-order valence-corrected chi connectivity index (χ3v) is 3.60. The second-order valence-corrected chi connectivity index (χ2v) is 5.48. The van der Waals surface area contributed by atoms with Gasteiger partial charge in [0.2, 0.25) is 0 Å². The SMILES string of the molecule is CCCN(C)CC(CC)(CC)CNC(C)C. The van der Waals surface area contributed by atoms with Gasteiger partial charge in [0.05, 0.1) is 0 Å². The highest BCUT2D eigenvalue weighted by Crippen LogP contribution is 2.26. The van der Waals surface area contributed by atoms with Crippen LogP contribution < -0.4 is 5.32 Å². The van der Waals surface area contributed by atoms with Gasteiger partial charge < -0.3 is 10.2 Å². The largest absolute Gasteiger partial charge is 0.314 e. The van der Waals surface area contributed by atoms with Crippen molar-refractivity contribution in [3.05, 3.63) is 0 Å². The van der Waals surface area contributed by atoms with Crippen LogP contribution in [0.1, 0.15) is 53.9 Å². The van der Waals surface area contributed by atoms with E-state index in [0.717, 1.165) is 6.54 Å². The average molecular weight is 228 g/mol. The second-order valence-electron chi connectivity index (χ2n) is 5.48. The summed E-state index contributed by atoms with van der Waals surface area (Å²) in [5.41, 5.74) is 0.453. The lowest BCUT2D eigenvalue weighted by molar-refractivity contribution is 0.152. The van der Waals surface area contributed by atoms with Crippen LogP contribution in [0.15, 0.2) is 0 Å². The molecule has 0 aromatic carbocycles. The van der Waals surface area contributed by atoms with Crippen LogP contribution in [0.4, 0.5) is 0 Å². The third kappa shape index (κ3) is 5.86. The van der Waals surface area contributed by atoms with E-state index < -0.39 is 0 Å². The molecule has 1 N–H and O–H groups in total. The van der Waals surface area contributed by atoms with Crippen LogP contribution in [-0.4, -0.2) is 37.6 Å². The Bertz CT molecular complexity index is 162. The molecule has 0 radical (unpaired) electrons. The molecular formula is C14H32N2. The van der Waals surface area contributed by atoms with Crippen molar-refractivity contribution in [3.8, 4) is 0 Å². The van der Waals surface area contributed by atoms with Gasteiger partial charge >= 0.3 is 0 Å². The highest BCUT2D eigenvalue weighted by atomic mass is 15.1. The summed E-state index contributed by atoms with van der Waals surface area (Å²) in [7, 11) is 2.25. The Morgan fingerprint density at radius 3 is 2.06 bits per heavy atom. The number of hydrogen-bond donors (Lipinski definition) is 1. The van der Waals surface area contributed by atoms with E-state index in [0.29, 0.717) is 11.5 Å². The average Bonchev–Trinajstić information content (AvgIpc) is 2.24. The van der Waals surface area contributed by atoms with E-state index in [9.17, 15) is 0 Å². The Morgan fingerprint density at radius 1 is 1.12 bits per heavy atom. The molecule has 0 aliphatic heterocycles. The molecule has 0 aromatic rings. The van der Waals surface area contributed by atoms with Crippen LogP contribution in [0.2, 0.25) is 0 Å². The maximum absolute atomic E-state index is 3.61. The van der Waals surface area contributed by atoms with Crippen molar-refractivity contribution in [2.45, 2.75) is 59.9 Å². The lowest BCUT2D eigenvalue weighted by Gasteiger charge is -2.36. The molecule has 98 valence electrons. The summed E-state index contributed by atoms with van der Waals surface area (Å²) in [6, 6.07) is 0.592. The van der Waals surface area contributed by atoms with E-state index in [1.54, 1.807) is 0 Å². The van der Waals surface area contributed by atoms with Gasteiger partial charge in [0.15, 0.2) is 0 Å². The van der Waals surface area contributed by atoms with Crippen LogP contribution in [0.5, 0.6) is 0 Å². The topological polar surface area (TPSA) is 15.3 Å². The molecule has 0 unspecified atom stereocenters. The van der Waals surface area contributed by atoms with E-state index in [-0.39, 0.29) is 0 Å². The molecule has 2 heteroatoms. The number of rotatable bonds is 9. The Hall–Kier alpha value is -0.0800. The first-order valence-electron chi connectivity index (χ1n) is 6.91. The quantitative estimate of drug-likeness (QED) is 0.652. The van der Waals surface area contributed by atoms with Crippen molar-refractivity contribution in [3.63, 3.8) is 0 Å². The fourth-order valence-corrected chi connectivity index (χ4v) is 2.23. The lowest BCUT2D eigenvalue weighted by atomic mass is 9.81. The van der Waals surface area contributed by atoms with Gasteiger partial charge in [0.25, 0.3) is 0 Å². The molecule has 16 heavy (non-hydrogen) atoms. The summed E-state index contributed by atoms with van der Waals surface area (Å²) in [4.78, 5) is 2.48. The smallest absolute Gasteiger partial charge is 0.00469 e. The van der Waals surface area contributed by atoms with Gasteiger partial charge in [0, 0.05) is 19.1 Å². The zero-order valence-corrected chi connectivity index (χ0v) is 12.3. The molecule has 0 heterocycles. The standard InChI is InChI=1S/C14H32N2/c1-7-10-16(6)12-14(8-2,9-3)11-15-13(4)5/h13,15H,7-12H2,1-6H3. The Labute approximate surface area is 103 Å². The summed E-state index contributed by atoms with van der Waals surface area (Å²) >= 11 is 0. The molecule has 0 aliphatic carbocycles. The van der Waals surface area contributed by atoms with Gasteiger partial charge in [-0.25, -0.2) is 0 Å². The molecule has 0 bridgehead atoms. The molecule has 0 rings (SSSR count). The van der Waals surface area contributed by atoms with Crippen molar-refractivity contribution >= 4 is 0 Å². The summed E-state index contributed by atoms with van der Waals surface area (Å²) in [6.07, 6.45) is 3.77. The minimum absolute atomic E-state index is 0.453. The molecule has 0 atom stereocenters. The summed E-state index contributed by atoms with van der Waals surface area (Å²) in [5.74, 6) is 0. The molecule has 0 saturated carbocycles. The maximum Gasteiger partial charge on any atom is 0.00469 e. The molecule has 0 aliphatic rings. The van der Waals surface area contributed by atoms with Crippen LogP contribution in [0, 0.1) is 5.41 Å². The molecule has 2 nitrogen and oxygen atoms in total. The van der Waals surface area contributed by atoms with Crippen molar-refractivity contribution in [1.82, 2.24) is 10.2 Å². The Morgan fingerprint density at radius 2 is 1.69 bits per heavy atom. The molecular weight excluding hydrogens is 196 g/mol. The normalized spacial score (nSPS) is 12.8. The van der Waals surface area contributed by atoms with Crippen molar-refractivity contribution in [1.29, 1.82) is 0 Å². The van der Waals surface area contributed by atoms with Crippen molar-refractivity contribution < 1.29 is 0 Å². The van der Waals surface area contributed by atoms with Gasteiger partial charge in [-0.2, -0.15) is 0 Å². The predicted octanol–water partition coefficient (Wildman–Crippen LogP) is 3.13. The van der Waals surface area contributed by atoms with E-state index >= 15 is 0 Å². The summed E-state index contributed by atoms with van der Waals surface area (Å²) in [6.45, 7) is 14.9. The maximum atomic E-state index is 3.61. The van der Waals surface area contributed by atoms with Crippen molar-refractivity contribution in [2.75, 3.05) is 26.7 Å². The Balaban J connectivity index is 4.30. The highest BCUT2D eigenvalue weighted by Gasteiger charge is 2.27. The zero-order chi connectivity index (χ0) is 12.6. The second kappa shape index (κ2) is 8.08. The van der Waals surface area contributed by atoms with Gasteiger partial charge in [-0.15, -0.1) is 0 Å². The monoisotopic (exact) mass is 228 g/mol. The summed E-state index contributed by atoms with van der Waals surface area (Å²) < 4.78 is 0. The van der Waals surface area contributed by atoms with Gasteiger partial charge in [-0.3, -0.25) is 0 Å². The van der Waals surface area contributed by atoms with E-state index in [1.807, 2.05) is 0 Å². The van der Waals surface area contributed by atoms with E-state index in [1.165, 1.54) is 32.4 Å². The number of hydrogen-bond acceptors (Lipinski definition) is 2. The van der Waals surface area contributed by atoms with Crippen LogP contribution in [-0.2, 0) is 0 Å². The van der Waals surface area contributed by atoms with Crippen LogP contribution >= 0.6 is 0 Å². The summed E-state index contributed by atoms with van der Waals surface area (Å²) in [5, 5.41) is 3.61. The molecule has 0 amide bonds. The van der Waals surface area contributed by atoms with Crippen molar-refractivity contribution in [2.24, 2.45) is 5.41 Å². The van der Waals surface area contributed by atoms with Crippen LogP contribution in [0.25, 0.3) is 0 Å². The Kier molecular flexibility index (Phi) is 8.04. The minimum atomic E-state index is 0.453. The first-order valence-corrected chi connectivity index (χ1v) is 6.91. The molecule has 0 fully saturated rings. The molecule has 0 saturated heterocycles. The van der Waals surface area contributed by atoms with Gasteiger partial charge in [-0.1, -0.05) is 34.6 Å². The van der Waals surface area contributed by atoms with Gasteiger partial charge in [-0.05, 0) is 38.3 Å². The number of nitrogens with one attached hydrogen (secondary N) is 1. The van der Waals surface area contributed by atoms with Gasteiger partial charge in [0.1, 0.15) is 0 Å². The highest BCUT2D eigenvalue weighted by molar-refractivity contribution is 4.82. The van der Waals surface area contributed by atoms with E-state index in [2.05, 4.69) is 51.9 Å². The first-order chi connectivity index (χ1) is 7.49.